The van der Waals surface area contributed by atoms with E-state index in [0.29, 0.717) is 41.3 Å². The van der Waals surface area contributed by atoms with E-state index in [0.717, 1.165) is 0 Å². The molecule has 5 nitrogen and oxygen atoms in total. The van der Waals surface area contributed by atoms with Crippen LogP contribution in [0.25, 0.3) is 6.08 Å². The average Bonchev–Trinajstić information content (AvgIpc) is 3.07. The molecule has 0 aromatic heterocycles. The Kier molecular flexibility index (Phi) is 5.13. The summed E-state index contributed by atoms with van der Waals surface area (Å²) in [5.74, 6) is -0.624. The minimum atomic E-state index is -4.49. The number of carbonyl (C=O) groups excluding carboxylic acids is 2. The first-order valence-corrected chi connectivity index (χ1v) is 8.41. The van der Waals surface area contributed by atoms with Gasteiger partial charge in [-0.05, 0) is 37.1 Å². The number of nitrogens with zero attached hydrogens (tertiary/aromatic N) is 1. The zero-order chi connectivity index (χ0) is 18.9. The molecule has 0 radical (unpaired) electrons. The van der Waals surface area contributed by atoms with Crippen LogP contribution in [0.1, 0.15) is 18.4 Å². The summed E-state index contributed by atoms with van der Waals surface area (Å²) < 4.78 is 42.4. The molecule has 2 aliphatic heterocycles. The van der Waals surface area contributed by atoms with Crippen LogP contribution >= 0.6 is 11.6 Å². The highest BCUT2D eigenvalue weighted by Crippen LogP contribution is 2.30. The van der Waals surface area contributed by atoms with Crippen molar-refractivity contribution in [2.24, 2.45) is 0 Å². The van der Waals surface area contributed by atoms with Crippen LogP contribution in [0.3, 0.4) is 0 Å². The molecule has 2 aliphatic rings. The lowest BCUT2D eigenvalue weighted by Gasteiger charge is -2.27. The highest BCUT2D eigenvalue weighted by molar-refractivity contribution is 6.30. The SMILES string of the molecule is O=C(NCC(F)(F)F)C1CCCN1C(=O)C1=Cc2cc(Cl)ccc2OC1. The third-order valence-electron chi connectivity index (χ3n) is 4.24. The Hall–Kier alpha value is -2.22. The van der Waals surface area contributed by atoms with Gasteiger partial charge in [0.05, 0.1) is 5.57 Å². The van der Waals surface area contributed by atoms with Crippen molar-refractivity contribution in [1.29, 1.82) is 0 Å². The van der Waals surface area contributed by atoms with Gasteiger partial charge in [0.1, 0.15) is 24.9 Å². The monoisotopic (exact) mass is 388 g/mol. The first kappa shape index (κ1) is 18.6. The van der Waals surface area contributed by atoms with Crippen molar-refractivity contribution in [3.05, 3.63) is 34.4 Å². The van der Waals surface area contributed by atoms with Gasteiger partial charge in [0.25, 0.3) is 5.91 Å². The van der Waals surface area contributed by atoms with Gasteiger partial charge in [-0.1, -0.05) is 11.6 Å². The predicted octanol–water partition coefficient (Wildman–Crippen LogP) is 2.79. The zero-order valence-electron chi connectivity index (χ0n) is 13.6. The van der Waals surface area contributed by atoms with Gasteiger partial charge in [0.15, 0.2) is 0 Å². The molecule has 1 aromatic rings. The molecule has 2 heterocycles. The third kappa shape index (κ3) is 4.12. The van der Waals surface area contributed by atoms with E-state index < -0.39 is 30.6 Å². The summed E-state index contributed by atoms with van der Waals surface area (Å²) >= 11 is 5.94. The van der Waals surface area contributed by atoms with E-state index in [-0.39, 0.29) is 6.61 Å². The number of halogens is 4. The number of benzene rings is 1. The van der Waals surface area contributed by atoms with Crippen molar-refractivity contribution < 1.29 is 27.5 Å². The van der Waals surface area contributed by atoms with Gasteiger partial charge in [-0.15, -0.1) is 0 Å². The number of hydrogen-bond donors (Lipinski definition) is 1. The smallest absolute Gasteiger partial charge is 0.405 e. The number of carbonyl (C=O) groups is 2. The highest BCUT2D eigenvalue weighted by atomic mass is 35.5. The third-order valence-corrected chi connectivity index (χ3v) is 4.47. The lowest BCUT2D eigenvalue weighted by atomic mass is 10.1. The molecule has 9 heteroatoms. The lowest BCUT2D eigenvalue weighted by molar-refractivity contribution is -0.143. The minimum absolute atomic E-state index is 0.0286. The van der Waals surface area contributed by atoms with Crippen molar-refractivity contribution in [3.63, 3.8) is 0 Å². The standard InChI is InChI=1S/C17H16ClF3N2O3/c18-12-3-4-14-10(7-12)6-11(8-26-14)16(25)23-5-1-2-13(23)15(24)22-9-17(19,20)21/h3-4,6-7,13H,1-2,5,8-9H2,(H,22,24). The highest BCUT2D eigenvalue weighted by Gasteiger charge is 2.37. The number of ether oxygens (including phenoxy) is 1. The van der Waals surface area contributed by atoms with Crippen LogP contribution in [0, 0.1) is 0 Å². The van der Waals surface area contributed by atoms with E-state index in [4.69, 9.17) is 16.3 Å². The van der Waals surface area contributed by atoms with Crippen LogP contribution in [-0.2, 0) is 9.59 Å². The number of nitrogens with one attached hydrogen (secondary N) is 1. The Balaban J connectivity index is 1.73. The fraction of sp³-hybridized carbons (Fsp3) is 0.412. The lowest BCUT2D eigenvalue weighted by Crippen LogP contribution is -2.48. The molecule has 0 aliphatic carbocycles. The van der Waals surface area contributed by atoms with Crippen molar-refractivity contribution in [2.45, 2.75) is 25.1 Å². The molecule has 1 saturated heterocycles. The number of likely N-dealkylation sites (tertiary alicyclic amines) is 1. The van der Waals surface area contributed by atoms with Crippen LogP contribution in [0.15, 0.2) is 23.8 Å². The molecule has 1 fully saturated rings. The largest absolute Gasteiger partial charge is 0.488 e. The van der Waals surface area contributed by atoms with Gasteiger partial charge < -0.3 is 15.0 Å². The Morgan fingerprint density at radius 2 is 2.12 bits per heavy atom. The van der Waals surface area contributed by atoms with Crippen LogP contribution in [-0.4, -0.2) is 48.6 Å². The molecule has 3 rings (SSSR count). The zero-order valence-corrected chi connectivity index (χ0v) is 14.4. The second kappa shape index (κ2) is 7.19. The van der Waals surface area contributed by atoms with Crippen molar-refractivity contribution in [1.82, 2.24) is 10.2 Å². The van der Waals surface area contributed by atoms with Crippen LogP contribution < -0.4 is 10.1 Å². The van der Waals surface area contributed by atoms with Gasteiger partial charge in [0.2, 0.25) is 5.91 Å². The first-order valence-electron chi connectivity index (χ1n) is 8.03. The number of fused-ring (bicyclic) bond motifs is 1. The topological polar surface area (TPSA) is 58.6 Å². The van der Waals surface area contributed by atoms with Gasteiger partial charge in [0, 0.05) is 17.1 Å². The van der Waals surface area contributed by atoms with E-state index in [9.17, 15) is 22.8 Å². The van der Waals surface area contributed by atoms with Crippen LogP contribution in [0.2, 0.25) is 5.02 Å². The summed E-state index contributed by atoms with van der Waals surface area (Å²) in [6.07, 6.45) is -1.99. The Morgan fingerprint density at radius 1 is 1.35 bits per heavy atom. The summed E-state index contributed by atoms with van der Waals surface area (Å²) in [6.45, 7) is -1.08. The first-order chi connectivity index (χ1) is 12.2. The molecule has 0 spiro atoms. The summed E-state index contributed by atoms with van der Waals surface area (Å²) in [4.78, 5) is 26.1. The molecule has 1 unspecified atom stereocenters. The Labute approximate surface area is 152 Å². The van der Waals surface area contributed by atoms with Crippen molar-refractivity contribution >= 4 is 29.5 Å². The number of alkyl halides is 3. The predicted molar refractivity (Wildman–Crippen MR) is 88.7 cm³/mol. The number of amides is 2. The second-order valence-corrected chi connectivity index (χ2v) is 6.57. The van der Waals surface area contributed by atoms with Crippen molar-refractivity contribution in [2.75, 3.05) is 19.7 Å². The van der Waals surface area contributed by atoms with E-state index in [1.165, 1.54) is 4.90 Å². The second-order valence-electron chi connectivity index (χ2n) is 6.13. The van der Waals surface area contributed by atoms with Crippen LogP contribution in [0.4, 0.5) is 13.2 Å². The Bertz CT molecular complexity index is 764. The molecule has 1 N–H and O–H groups in total. The normalized spacial score (nSPS) is 19.5. The molecule has 26 heavy (non-hydrogen) atoms. The van der Waals surface area contributed by atoms with Gasteiger partial charge >= 0.3 is 6.18 Å². The summed E-state index contributed by atoms with van der Waals surface area (Å²) in [5.41, 5.74) is 0.972. The summed E-state index contributed by atoms with van der Waals surface area (Å²) in [7, 11) is 0. The maximum Gasteiger partial charge on any atom is 0.405 e. The minimum Gasteiger partial charge on any atom is -0.488 e. The summed E-state index contributed by atoms with van der Waals surface area (Å²) in [5, 5.41) is 2.34. The molecule has 1 aromatic carbocycles. The fourth-order valence-corrected chi connectivity index (χ4v) is 3.22. The summed E-state index contributed by atoms with van der Waals surface area (Å²) in [6, 6.07) is 4.11. The molecule has 140 valence electrons. The van der Waals surface area contributed by atoms with Crippen LogP contribution in [0.5, 0.6) is 5.75 Å². The van der Waals surface area contributed by atoms with E-state index >= 15 is 0 Å². The molecule has 2 amide bonds. The van der Waals surface area contributed by atoms with E-state index in [1.54, 1.807) is 24.3 Å². The quantitative estimate of drug-likeness (QED) is 0.866. The molecule has 1 atom stereocenters. The van der Waals surface area contributed by atoms with Gasteiger partial charge in [-0.2, -0.15) is 13.2 Å². The fourth-order valence-electron chi connectivity index (χ4n) is 3.04. The van der Waals surface area contributed by atoms with Gasteiger partial charge in [-0.3, -0.25) is 9.59 Å². The van der Waals surface area contributed by atoms with Crippen molar-refractivity contribution in [3.8, 4) is 5.75 Å². The Morgan fingerprint density at radius 3 is 2.85 bits per heavy atom. The maximum absolute atomic E-state index is 12.8. The molecular weight excluding hydrogens is 373 g/mol. The number of rotatable bonds is 3. The molecular formula is C17H16ClF3N2O3. The van der Waals surface area contributed by atoms with E-state index in [1.807, 2.05) is 5.32 Å². The molecule has 0 bridgehead atoms. The average molecular weight is 389 g/mol. The number of hydrogen-bond acceptors (Lipinski definition) is 3. The molecule has 0 saturated carbocycles. The van der Waals surface area contributed by atoms with Gasteiger partial charge in [-0.25, -0.2) is 0 Å². The maximum atomic E-state index is 12.8. The van der Waals surface area contributed by atoms with E-state index in [2.05, 4.69) is 0 Å².